The molecule has 2 unspecified atom stereocenters. The highest BCUT2D eigenvalue weighted by Gasteiger charge is 2.38. The lowest BCUT2D eigenvalue weighted by atomic mass is 10.0. The van der Waals surface area contributed by atoms with Crippen molar-refractivity contribution in [2.75, 3.05) is 33.4 Å². The number of hydrogen-bond donors (Lipinski definition) is 1. The van der Waals surface area contributed by atoms with E-state index >= 15 is 0 Å². The quantitative estimate of drug-likeness (QED) is 0.910. The number of alkyl halides is 3. The van der Waals surface area contributed by atoms with E-state index < -0.39 is 12.1 Å². The lowest BCUT2D eigenvalue weighted by Crippen LogP contribution is -2.22. The van der Waals surface area contributed by atoms with Crippen molar-refractivity contribution < 1.29 is 32.5 Å². The summed E-state index contributed by atoms with van der Waals surface area (Å²) in [5, 5.41) is 7.12. The summed E-state index contributed by atoms with van der Waals surface area (Å²) >= 11 is 0. The Morgan fingerprint density at radius 1 is 1.25 bits per heavy atom. The summed E-state index contributed by atoms with van der Waals surface area (Å²) in [5.74, 6) is -0.283. The first-order chi connectivity index (χ1) is 11.3. The van der Waals surface area contributed by atoms with Crippen molar-refractivity contribution in [3.05, 3.63) is 29.8 Å². The van der Waals surface area contributed by atoms with Crippen LogP contribution in [0.3, 0.4) is 0 Å². The average Bonchev–Trinajstić information content (AvgIpc) is 3.09. The SMILES string of the molecule is COc1ccc(CN2CC3COCC3C2)cc1.O=C(O)C(F)(F)F. The van der Waals surface area contributed by atoms with Gasteiger partial charge in [-0.3, -0.25) is 4.90 Å². The Hall–Kier alpha value is -1.80. The Morgan fingerprint density at radius 2 is 1.75 bits per heavy atom. The molecule has 24 heavy (non-hydrogen) atoms. The average molecular weight is 347 g/mol. The minimum Gasteiger partial charge on any atom is -0.497 e. The Kier molecular flexibility index (Phi) is 6.06. The smallest absolute Gasteiger partial charge is 0.490 e. The van der Waals surface area contributed by atoms with Gasteiger partial charge in [0.05, 0.1) is 20.3 Å². The number of fused-ring (bicyclic) bond motifs is 1. The van der Waals surface area contributed by atoms with Crippen molar-refractivity contribution in [1.82, 2.24) is 4.90 Å². The molecule has 1 aromatic carbocycles. The summed E-state index contributed by atoms with van der Waals surface area (Å²) in [4.78, 5) is 11.4. The molecular formula is C16H20F3NO4. The number of hydrogen-bond acceptors (Lipinski definition) is 4. The zero-order valence-corrected chi connectivity index (χ0v) is 13.3. The lowest BCUT2D eigenvalue weighted by molar-refractivity contribution is -0.192. The highest BCUT2D eigenvalue weighted by molar-refractivity contribution is 5.73. The topological polar surface area (TPSA) is 59.0 Å². The van der Waals surface area contributed by atoms with E-state index in [1.54, 1.807) is 7.11 Å². The van der Waals surface area contributed by atoms with Crippen LogP contribution in [0.1, 0.15) is 5.56 Å². The number of nitrogens with zero attached hydrogens (tertiary/aromatic N) is 1. The zero-order valence-electron chi connectivity index (χ0n) is 13.3. The molecule has 8 heteroatoms. The van der Waals surface area contributed by atoms with Crippen molar-refractivity contribution >= 4 is 5.97 Å². The van der Waals surface area contributed by atoms with Gasteiger partial charge in [0.25, 0.3) is 0 Å². The molecule has 0 aromatic heterocycles. The maximum absolute atomic E-state index is 10.6. The number of halogens is 3. The molecule has 2 atom stereocenters. The molecule has 1 N–H and O–H groups in total. The van der Waals surface area contributed by atoms with Gasteiger partial charge in [0.2, 0.25) is 0 Å². The van der Waals surface area contributed by atoms with Crippen LogP contribution in [0, 0.1) is 11.8 Å². The van der Waals surface area contributed by atoms with Gasteiger partial charge < -0.3 is 14.6 Å². The molecule has 0 amide bonds. The van der Waals surface area contributed by atoms with Gasteiger partial charge in [0.15, 0.2) is 0 Å². The highest BCUT2D eigenvalue weighted by atomic mass is 19.4. The molecule has 0 bridgehead atoms. The molecular weight excluding hydrogens is 327 g/mol. The normalized spacial score (nSPS) is 23.3. The van der Waals surface area contributed by atoms with Gasteiger partial charge in [-0.25, -0.2) is 4.79 Å². The van der Waals surface area contributed by atoms with Gasteiger partial charge in [0, 0.05) is 31.5 Å². The minimum absolute atomic E-state index is 0.772. The third-order valence-corrected chi connectivity index (χ3v) is 4.12. The van der Waals surface area contributed by atoms with Crippen molar-refractivity contribution in [2.45, 2.75) is 12.7 Å². The van der Waals surface area contributed by atoms with Gasteiger partial charge in [0.1, 0.15) is 5.75 Å². The van der Waals surface area contributed by atoms with Crippen LogP contribution in [0.4, 0.5) is 13.2 Å². The van der Waals surface area contributed by atoms with Crippen LogP contribution in [0.5, 0.6) is 5.75 Å². The van der Waals surface area contributed by atoms with Crippen LogP contribution in [0.25, 0.3) is 0 Å². The second kappa shape index (κ2) is 7.85. The molecule has 0 spiro atoms. The Morgan fingerprint density at radius 3 is 2.17 bits per heavy atom. The highest BCUT2D eigenvalue weighted by Crippen LogP contribution is 2.30. The molecule has 0 aliphatic carbocycles. The summed E-state index contributed by atoms with van der Waals surface area (Å²) in [7, 11) is 1.71. The number of carboxylic acid groups (broad SMARTS) is 1. The second-order valence-electron chi connectivity index (χ2n) is 5.90. The van der Waals surface area contributed by atoms with E-state index in [-0.39, 0.29) is 0 Å². The molecule has 2 heterocycles. The molecule has 2 fully saturated rings. The minimum atomic E-state index is -5.08. The van der Waals surface area contributed by atoms with E-state index in [9.17, 15) is 13.2 Å². The molecule has 3 rings (SSSR count). The van der Waals surface area contributed by atoms with E-state index in [1.807, 2.05) is 12.1 Å². The molecule has 0 radical (unpaired) electrons. The number of carbonyl (C=O) groups is 1. The number of carboxylic acids is 1. The van der Waals surface area contributed by atoms with Gasteiger partial charge in [-0.05, 0) is 17.7 Å². The van der Waals surface area contributed by atoms with Crippen LogP contribution < -0.4 is 4.74 Å². The first kappa shape index (κ1) is 18.5. The first-order valence-electron chi connectivity index (χ1n) is 7.52. The number of aliphatic carboxylic acids is 1. The Bertz CT molecular complexity index is 535. The van der Waals surface area contributed by atoms with Crippen LogP contribution in [-0.2, 0) is 16.1 Å². The molecule has 5 nitrogen and oxygen atoms in total. The molecule has 1 aromatic rings. The zero-order chi connectivity index (χ0) is 17.7. The number of methoxy groups -OCH3 is 1. The monoisotopic (exact) mass is 347 g/mol. The fourth-order valence-electron chi connectivity index (χ4n) is 2.90. The van der Waals surface area contributed by atoms with E-state index in [4.69, 9.17) is 19.4 Å². The van der Waals surface area contributed by atoms with Gasteiger partial charge in [-0.2, -0.15) is 13.2 Å². The summed E-state index contributed by atoms with van der Waals surface area (Å²) in [6.45, 7) is 5.36. The maximum atomic E-state index is 10.6. The first-order valence-corrected chi connectivity index (χ1v) is 7.52. The standard InChI is InChI=1S/C14H19NO2.C2HF3O2/c1-16-14-4-2-11(3-5-14)6-15-7-12-9-17-10-13(12)8-15;3-2(4,5)1(6)7/h2-5,12-13H,6-10H2,1H3;(H,6,7). The van der Waals surface area contributed by atoms with Crippen LogP contribution in [0.2, 0.25) is 0 Å². The lowest BCUT2D eigenvalue weighted by Gasteiger charge is -2.16. The van der Waals surface area contributed by atoms with Gasteiger partial charge in [-0.1, -0.05) is 12.1 Å². The van der Waals surface area contributed by atoms with Crippen molar-refractivity contribution in [1.29, 1.82) is 0 Å². The molecule has 0 saturated carbocycles. The van der Waals surface area contributed by atoms with E-state index in [2.05, 4.69) is 17.0 Å². The summed E-state index contributed by atoms with van der Waals surface area (Å²) in [6, 6.07) is 8.39. The number of rotatable bonds is 3. The molecule has 134 valence electrons. The van der Waals surface area contributed by atoms with E-state index in [0.29, 0.717) is 0 Å². The van der Waals surface area contributed by atoms with Crippen LogP contribution in [-0.4, -0.2) is 55.6 Å². The number of likely N-dealkylation sites (tertiary alicyclic amines) is 1. The third-order valence-electron chi connectivity index (χ3n) is 4.12. The van der Waals surface area contributed by atoms with Gasteiger partial charge >= 0.3 is 12.1 Å². The molecule has 2 aliphatic rings. The second-order valence-corrected chi connectivity index (χ2v) is 5.90. The Balaban J connectivity index is 0.000000256. The van der Waals surface area contributed by atoms with Crippen molar-refractivity contribution in [3.63, 3.8) is 0 Å². The predicted molar refractivity (Wildman–Crippen MR) is 79.8 cm³/mol. The van der Waals surface area contributed by atoms with Crippen LogP contribution >= 0.6 is 0 Å². The maximum Gasteiger partial charge on any atom is 0.490 e. The van der Waals surface area contributed by atoms with Crippen LogP contribution in [0.15, 0.2) is 24.3 Å². The fourth-order valence-corrected chi connectivity index (χ4v) is 2.90. The van der Waals surface area contributed by atoms with Gasteiger partial charge in [-0.15, -0.1) is 0 Å². The number of ether oxygens (including phenoxy) is 2. The summed E-state index contributed by atoms with van der Waals surface area (Å²) in [5.41, 5.74) is 1.37. The predicted octanol–water partition coefficient (Wildman–Crippen LogP) is 2.41. The Labute approximate surface area is 138 Å². The summed E-state index contributed by atoms with van der Waals surface area (Å²) < 4.78 is 42.4. The largest absolute Gasteiger partial charge is 0.497 e. The van der Waals surface area contributed by atoms with E-state index in [1.165, 1.54) is 18.7 Å². The number of benzene rings is 1. The van der Waals surface area contributed by atoms with E-state index in [0.717, 1.165) is 37.3 Å². The molecule has 2 saturated heterocycles. The summed E-state index contributed by atoms with van der Waals surface area (Å²) in [6.07, 6.45) is -5.08. The van der Waals surface area contributed by atoms with Crippen molar-refractivity contribution in [3.8, 4) is 5.75 Å². The fraction of sp³-hybridized carbons (Fsp3) is 0.562. The van der Waals surface area contributed by atoms with Crippen molar-refractivity contribution in [2.24, 2.45) is 11.8 Å². The molecule has 2 aliphatic heterocycles. The third kappa shape index (κ3) is 5.10.